The second-order valence-electron chi connectivity index (χ2n) is 6.71. The molecule has 7 heteroatoms. The van der Waals surface area contributed by atoms with Gasteiger partial charge in [-0.2, -0.15) is 0 Å². The van der Waals surface area contributed by atoms with Gasteiger partial charge in [0.15, 0.2) is 0 Å². The van der Waals surface area contributed by atoms with Gasteiger partial charge in [-0.15, -0.1) is 0 Å². The molecule has 0 aliphatic rings. The van der Waals surface area contributed by atoms with Gasteiger partial charge in [0.2, 0.25) is 5.88 Å². The van der Waals surface area contributed by atoms with Crippen molar-refractivity contribution >= 4 is 11.7 Å². The van der Waals surface area contributed by atoms with Crippen molar-refractivity contribution in [2.45, 2.75) is 19.4 Å². The minimum Gasteiger partial charge on any atom is -0.489 e. The van der Waals surface area contributed by atoms with Gasteiger partial charge < -0.3 is 19.4 Å². The highest BCUT2D eigenvalue weighted by Crippen LogP contribution is 2.16. The molecule has 1 N–H and O–H groups in total. The first-order valence-electron chi connectivity index (χ1n) is 9.81. The fraction of sp³-hybridized carbons (Fsp3) is 0.208. The molecule has 0 amide bonds. The summed E-state index contributed by atoms with van der Waals surface area (Å²) in [5.41, 5.74) is 3.45. The number of aryl methyl sites for hydroxylation is 1. The molecular weight excluding hydrogens is 396 g/mol. The molecule has 3 rings (SSSR count). The number of carbonyl (C=O) groups is 1. The molecule has 0 bridgehead atoms. The largest absolute Gasteiger partial charge is 0.489 e. The summed E-state index contributed by atoms with van der Waals surface area (Å²) in [6, 6.07) is 20.8. The molecule has 7 nitrogen and oxygen atoms in total. The molecule has 160 valence electrons. The van der Waals surface area contributed by atoms with Crippen LogP contribution in [0.25, 0.3) is 0 Å². The van der Waals surface area contributed by atoms with Crippen LogP contribution in [0.4, 0.5) is 0 Å². The van der Waals surface area contributed by atoms with E-state index in [1.807, 2.05) is 60.7 Å². The van der Waals surface area contributed by atoms with E-state index in [9.17, 15) is 4.79 Å². The zero-order valence-corrected chi connectivity index (χ0v) is 17.2. The maximum atomic E-state index is 10.6. The third kappa shape index (κ3) is 7.15. The Morgan fingerprint density at radius 2 is 1.71 bits per heavy atom. The summed E-state index contributed by atoms with van der Waals surface area (Å²) in [6.07, 6.45) is 2.32. The fourth-order valence-corrected chi connectivity index (χ4v) is 2.80. The van der Waals surface area contributed by atoms with Crippen molar-refractivity contribution in [3.05, 3.63) is 89.6 Å². The van der Waals surface area contributed by atoms with Gasteiger partial charge in [-0.1, -0.05) is 47.6 Å². The fourth-order valence-electron chi connectivity index (χ4n) is 2.80. The topological polar surface area (TPSA) is 90.2 Å². The number of aliphatic carboxylic acids is 1. The molecule has 0 saturated heterocycles. The number of oxime groups is 1. The Bertz CT molecular complexity index is 987. The molecule has 1 heterocycles. The van der Waals surface area contributed by atoms with Gasteiger partial charge in [0.05, 0.1) is 0 Å². The second kappa shape index (κ2) is 11.3. The molecule has 0 saturated carbocycles. The Labute approximate surface area is 180 Å². The van der Waals surface area contributed by atoms with Gasteiger partial charge in [-0.05, 0) is 30.2 Å². The van der Waals surface area contributed by atoms with E-state index in [0.717, 1.165) is 16.7 Å². The van der Waals surface area contributed by atoms with Gasteiger partial charge in [0, 0.05) is 29.8 Å². The number of carboxylic acid groups (broad SMARTS) is 1. The number of ether oxygens (including phenoxy) is 2. The van der Waals surface area contributed by atoms with Gasteiger partial charge >= 0.3 is 5.97 Å². The van der Waals surface area contributed by atoms with Crippen LogP contribution in [0, 0.1) is 0 Å². The van der Waals surface area contributed by atoms with Crippen molar-refractivity contribution in [2.24, 2.45) is 5.16 Å². The quantitative estimate of drug-likeness (QED) is 0.371. The predicted molar refractivity (Wildman–Crippen MR) is 116 cm³/mol. The Balaban J connectivity index is 1.50. The van der Waals surface area contributed by atoms with E-state index >= 15 is 0 Å². The third-order valence-electron chi connectivity index (χ3n) is 4.42. The highest BCUT2D eigenvalue weighted by atomic mass is 16.6. The van der Waals surface area contributed by atoms with E-state index in [2.05, 4.69) is 10.1 Å². The molecule has 1 aromatic heterocycles. The van der Waals surface area contributed by atoms with Crippen LogP contribution in [-0.2, 0) is 22.7 Å². The Morgan fingerprint density at radius 3 is 2.35 bits per heavy atom. The van der Waals surface area contributed by atoms with Crippen LogP contribution < -0.4 is 9.47 Å². The Hall–Kier alpha value is -3.87. The van der Waals surface area contributed by atoms with Crippen molar-refractivity contribution in [1.29, 1.82) is 0 Å². The first-order chi connectivity index (χ1) is 15.1. The summed E-state index contributed by atoms with van der Waals surface area (Å²) >= 11 is 0. The summed E-state index contributed by atoms with van der Waals surface area (Å²) in [4.78, 5) is 19.9. The Morgan fingerprint density at radius 1 is 0.968 bits per heavy atom. The lowest BCUT2D eigenvalue weighted by molar-refractivity contribution is -0.136. The number of aromatic nitrogens is 1. The number of benzene rings is 2. The highest BCUT2D eigenvalue weighted by molar-refractivity contribution is 6.01. The molecule has 0 atom stereocenters. The van der Waals surface area contributed by atoms with Gasteiger partial charge in [-0.3, -0.25) is 4.79 Å². The molecule has 2 aromatic carbocycles. The van der Waals surface area contributed by atoms with E-state index < -0.39 is 5.97 Å². The lowest BCUT2D eigenvalue weighted by atomic mass is 10.1. The van der Waals surface area contributed by atoms with Crippen molar-refractivity contribution in [3.8, 4) is 11.6 Å². The van der Waals surface area contributed by atoms with Crippen LogP contribution in [-0.4, -0.2) is 35.5 Å². The number of pyridine rings is 1. The van der Waals surface area contributed by atoms with Crippen molar-refractivity contribution < 1.29 is 24.2 Å². The second-order valence-corrected chi connectivity index (χ2v) is 6.71. The summed E-state index contributed by atoms with van der Waals surface area (Å²) in [5.74, 6) is 0.386. The first kappa shape index (κ1) is 21.8. The monoisotopic (exact) mass is 420 g/mol. The molecule has 0 aliphatic heterocycles. The summed E-state index contributed by atoms with van der Waals surface area (Å²) in [6.45, 7) is 0.594. The number of hydrogen-bond acceptors (Lipinski definition) is 6. The smallest absolute Gasteiger partial charge is 0.303 e. The summed E-state index contributed by atoms with van der Waals surface area (Å²) in [7, 11) is 1.50. The number of carboxylic acids is 1. The summed E-state index contributed by atoms with van der Waals surface area (Å²) < 4.78 is 11.5. The van der Waals surface area contributed by atoms with Crippen LogP contribution in [0.5, 0.6) is 11.6 Å². The standard InChI is InChI=1S/C24H24N2O5/c1-29-26-22(20-5-3-2-4-6-20)17-31-23-13-9-19(15-25-23)16-30-21-11-7-18(8-12-21)10-14-24(27)28/h2-9,11-13,15H,10,14,16-17H2,1H3,(H,27,28)/b26-22+. The van der Waals surface area contributed by atoms with E-state index in [-0.39, 0.29) is 13.0 Å². The average Bonchev–Trinajstić information content (AvgIpc) is 2.81. The average molecular weight is 420 g/mol. The van der Waals surface area contributed by atoms with Crippen LogP contribution in [0.2, 0.25) is 0 Å². The van der Waals surface area contributed by atoms with E-state index in [1.54, 1.807) is 12.3 Å². The van der Waals surface area contributed by atoms with Crippen molar-refractivity contribution in [1.82, 2.24) is 4.98 Å². The SMILES string of the molecule is CO/N=C(\COc1ccc(COc2ccc(CCC(=O)O)cc2)cn1)c1ccccc1. The number of nitrogens with zero attached hydrogens (tertiary/aromatic N) is 2. The molecule has 0 spiro atoms. The van der Waals surface area contributed by atoms with E-state index in [1.165, 1.54) is 7.11 Å². The highest BCUT2D eigenvalue weighted by Gasteiger charge is 2.07. The lowest BCUT2D eigenvalue weighted by Gasteiger charge is -2.10. The van der Waals surface area contributed by atoms with E-state index in [4.69, 9.17) is 19.4 Å². The molecule has 0 radical (unpaired) electrons. The molecule has 0 unspecified atom stereocenters. The maximum Gasteiger partial charge on any atom is 0.303 e. The molecular formula is C24H24N2O5. The third-order valence-corrected chi connectivity index (χ3v) is 4.42. The zero-order valence-electron chi connectivity index (χ0n) is 17.2. The minimum atomic E-state index is -0.803. The predicted octanol–water partition coefficient (Wildman–Crippen LogP) is 4.11. The normalized spacial score (nSPS) is 11.1. The van der Waals surface area contributed by atoms with Crippen LogP contribution in [0.15, 0.2) is 78.1 Å². The lowest BCUT2D eigenvalue weighted by Crippen LogP contribution is -2.14. The van der Waals surface area contributed by atoms with E-state index in [0.29, 0.717) is 30.4 Å². The Kier molecular flexibility index (Phi) is 7.99. The molecule has 3 aromatic rings. The van der Waals surface area contributed by atoms with Crippen LogP contribution in [0.1, 0.15) is 23.1 Å². The zero-order chi connectivity index (χ0) is 21.9. The van der Waals surface area contributed by atoms with Crippen molar-refractivity contribution in [2.75, 3.05) is 13.7 Å². The van der Waals surface area contributed by atoms with Gasteiger partial charge in [0.25, 0.3) is 0 Å². The summed E-state index contributed by atoms with van der Waals surface area (Å²) in [5, 5.41) is 12.8. The van der Waals surface area contributed by atoms with Crippen LogP contribution >= 0.6 is 0 Å². The number of rotatable bonds is 11. The maximum absolute atomic E-state index is 10.6. The molecule has 0 fully saturated rings. The first-order valence-corrected chi connectivity index (χ1v) is 9.81. The minimum absolute atomic E-state index is 0.116. The van der Waals surface area contributed by atoms with Crippen molar-refractivity contribution in [3.63, 3.8) is 0 Å². The van der Waals surface area contributed by atoms with Gasteiger partial charge in [-0.25, -0.2) is 4.98 Å². The molecule has 0 aliphatic carbocycles. The van der Waals surface area contributed by atoms with Crippen LogP contribution in [0.3, 0.4) is 0 Å². The molecule has 31 heavy (non-hydrogen) atoms. The number of hydrogen-bond donors (Lipinski definition) is 1. The van der Waals surface area contributed by atoms with Gasteiger partial charge in [0.1, 0.15) is 31.8 Å².